The van der Waals surface area contributed by atoms with Crippen LogP contribution in [-0.2, 0) is 15.3 Å². The maximum Gasteiger partial charge on any atom is 0.254 e. The van der Waals surface area contributed by atoms with E-state index in [4.69, 9.17) is 0 Å². The second-order valence-corrected chi connectivity index (χ2v) is 9.97. The molecule has 0 aliphatic carbocycles. The van der Waals surface area contributed by atoms with E-state index >= 15 is 0 Å². The Balaban J connectivity index is 2.21. The lowest BCUT2D eigenvalue weighted by Gasteiger charge is -2.28. The fraction of sp³-hybridized carbons (Fsp3) is 0.632. The van der Waals surface area contributed by atoms with Gasteiger partial charge in [0.1, 0.15) is 0 Å². The normalized spacial score (nSPS) is 20.1. The monoisotopic (exact) mass is 351 g/mol. The molecule has 0 spiro atoms. The third-order valence-electron chi connectivity index (χ3n) is 4.66. The molecule has 24 heavy (non-hydrogen) atoms. The number of hydrogen-bond donors (Lipinski definition) is 0. The van der Waals surface area contributed by atoms with Crippen LogP contribution in [-0.4, -0.2) is 43.3 Å². The van der Waals surface area contributed by atoms with Crippen LogP contribution >= 0.6 is 0 Å². The summed E-state index contributed by atoms with van der Waals surface area (Å²) in [6, 6.07) is 7.54. The highest BCUT2D eigenvalue weighted by Gasteiger charge is 2.34. The Morgan fingerprint density at radius 2 is 1.83 bits per heavy atom. The number of benzene rings is 1. The molecule has 0 radical (unpaired) electrons. The van der Waals surface area contributed by atoms with Crippen LogP contribution in [0.15, 0.2) is 24.3 Å². The maximum absolute atomic E-state index is 12.9. The van der Waals surface area contributed by atoms with E-state index in [1.807, 2.05) is 24.3 Å². The number of rotatable bonds is 5. The zero-order valence-electron chi connectivity index (χ0n) is 15.2. The van der Waals surface area contributed by atoms with Crippen LogP contribution in [0, 0.1) is 0 Å². The Morgan fingerprint density at radius 1 is 1.21 bits per heavy atom. The first-order valence-electron chi connectivity index (χ1n) is 8.76. The molecule has 0 N–H and O–H groups in total. The van der Waals surface area contributed by atoms with Gasteiger partial charge in [-0.25, -0.2) is 8.42 Å². The number of carbonyl (C=O) groups excluding carboxylic acids is 1. The van der Waals surface area contributed by atoms with Crippen molar-refractivity contribution in [1.29, 1.82) is 0 Å². The minimum Gasteiger partial charge on any atom is -0.335 e. The Morgan fingerprint density at radius 3 is 2.29 bits per heavy atom. The molecule has 1 amide bonds. The molecule has 1 aromatic carbocycles. The molecule has 1 aliphatic heterocycles. The fourth-order valence-electron chi connectivity index (χ4n) is 3.08. The lowest BCUT2D eigenvalue weighted by Crippen LogP contribution is -2.41. The molecular formula is C19H29NO3S. The summed E-state index contributed by atoms with van der Waals surface area (Å²) in [5, 5.41) is 0. The van der Waals surface area contributed by atoms with E-state index in [0.29, 0.717) is 18.5 Å². The lowest BCUT2D eigenvalue weighted by molar-refractivity contribution is 0.0694. The number of amides is 1. The van der Waals surface area contributed by atoms with E-state index < -0.39 is 9.84 Å². The molecule has 1 unspecified atom stereocenters. The van der Waals surface area contributed by atoms with Gasteiger partial charge in [-0.05, 0) is 36.0 Å². The smallest absolute Gasteiger partial charge is 0.254 e. The van der Waals surface area contributed by atoms with E-state index in [2.05, 4.69) is 27.7 Å². The van der Waals surface area contributed by atoms with Gasteiger partial charge in [0.15, 0.2) is 9.84 Å². The maximum atomic E-state index is 12.9. The second kappa shape index (κ2) is 7.26. The Kier molecular flexibility index (Phi) is 5.74. The van der Waals surface area contributed by atoms with Crippen molar-refractivity contribution in [3.8, 4) is 0 Å². The van der Waals surface area contributed by atoms with Crippen molar-refractivity contribution in [2.75, 3.05) is 18.1 Å². The van der Waals surface area contributed by atoms with Crippen LogP contribution in [0.4, 0.5) is 0 Å². The molecule has 134 valence electrons. The van der Waals surface area contributed by atoms with Crippen molar-refractivity contribution in [2.45, 2.75) is 58.4 Å². The minimum absolute atomic E-state index is 0.0446. The number of nitrogens with zero attached hydrogens (tertiary/aromatic N) is 1. The van der Waals surface area contributed by atoms with E-state index in [0.717, 1.165) is 12.8 Å². The number of sulfone groups is 1. The van der Waals surface area contributed by atoms with E-state index in [-0.39, 0.29) is 28.9 Å². The average Bonchev–Trinajstić information content (AvgIpc) is 2.86. The van der Waals surface area contributed by atoms with Crippen LogP contribution in [0.1, 0.15) is 62.9 Å². The fourth-order valence-corrected chi connectivity index (χ4v) is 4.81. The molecule has 1 saturated heterocycles. The molecule has 1 aromatic rings. The number of hydrogen-bond acceptors (Lipinski definition) is 3. The first-order valence-corrected chi connectivity index (χ1v) is 10.6. The van der Waals surface area contributed by atoms with Crippen molar-refractivity contribution in [1.82, 2.24) is 4.90 Å². The predicted octanol–water partition coefficient (Wildman–Crippen LogP) is 3.41. The Labute approximate surface area is 146 Å². The summed E-state index contributed by atoms with van der Waals surface area (Å²) in [6.45, 7) is 9.12. The molecule has 1 aliphatic rings. The summed E-state index contributed by atoms with van der Waals surface area (Å²) in [6.07, 6.45) is 2.42. The topological polar surface area (TPSA) is 54.5 Å². The van der Waals surface area contributed by atoms with Gasteiger partial charge in [0.05, 0.1) is 11.5 Å². The van der Waals surface area contributed by atoms with E-state index in [9.17, 15) is 13.2 Å². The van der Waals surface area contributed by atoms with Crippen LogP contribution in [0.5, 0.6) is 0 Å². The summed E-state index contributed by atoms with van der Waals surface area (Å²) in [7, 11) is -3.00. The third-order valence-corrected chi connectivity index (χ3v) is 6.41. The van der Waals surface area contributed by atoms with Gasteiger partial charge in [-0.1, -0.05) is 46.2 Å². The summed E-state index contributed by atoms with van der Waals surface area (Å²) in [5.41, 5.74) is 1.87. The SMILES string of the molecule is CCCCN(C(=O)c1ccc(C(C)(C)C)cc1)C1CCS(=O)(=O)C1. The molecule has 0 saturated carbocycles. The zero-order chi connectivity index (χ0) is 18.0. The largest absolute Gasteiger partial charge is 0.335 e. The molecular weight excluding hydrogens is 322 g/mol. The van der Waals surface area contributed by atoms with Crippen LogP contribution in [0.25, 0.3) is 0 Å². The number of carbonyl (C=O) groups is 1. The van der Waals surface area contributed by atoms with Gasteiger partial charge in [0.2, 0.25) is 0 Å². The summed E-state index contributed by atoms with van der Waals surface area (Å²) < 4.78 is 23.6. The highest BCUT2D eigenvalue weighted by molar-refractivity contribution is 7.91. The minimum atomic E-state index is -3.00. The van der Waals surface area contributed by atoms with Crippen molar-refractivity contribution in [3.05, 3.63) is 35.4 Å². The molecule has 1 fully saturated rings. The Hall–Kier alpha value is -1.36. The highest BCUT2D eigenvalue weighted by Crippen LogP contribution is 2.24. The van der Waals surface area contributed by atoms with Crippen molar-refractivity contribution in [2.24, 2.45) is 0 Å². The first-order chi connectivity index (χ1) is 11.1. The quantitative estimate of drug-likeness (QED) is 0.817. The summed E-state index contributed by atoms with van der Waals surface area (Å²) >= 11 is 0. The average molecular weight is 352 g/mol. The van der Waals surface area contributed by atoms with Gasteiger partial charge < -0.3 is 4.90 Å². The standard InChI is InChI=1S/C19H29NO3S/c1-5-6-12-20(17-11-13-24(22,23)14-17)18(21)15-7-9-16(10-8-15)19(2,3)4/h7-10,17H,5-6,11-14H2,1-4H3. The van der Waals surface area contributed by atoms with Gasteiger partial charge in [0.25, 0.3) is 5.91 Å². The Bertz CT molecular complexity index is 672. The van der Waals surface area contributed by atoms with E-state index in [1.165, 1.54) is 5.56 Å². The van der Waals surface area contributed by atoms with Gasteiger partial charge in [-0.3, -0.25) is 4.79 Å². The molecule has 0 aromatic heterocycles. The molecule has 4 nitrogen and oxygen atoms in total. The first kappa shape index (κ1) is 19.0. The highest BCUT2D eigenvalue weighted by atomic mass is 32.2. The van der Waals surface area contributed by atoms with Gasteiger partial charge in [-0.2, -0.15) is 0 Å². The third kappa shape index (κ3) is 4.59. The summed E-state index contributed by atoms with van der Waals surface area (Å²) in [4.78, 5) is 14.7. The van der Waals surface area contributed by atoms with Gasteiger partial charge in [0, 0.05) is 18.2 Å². The molecule has 1 atom stereocenters. The second-order valence-electron chi connectivity index (χ2n) is 7.74. The van der Waals surface area contributed by atoms with Gasteiger partial charge >= 0.3 is 0 Å². The molecule has 0 bridgehead atoms. The van der Waals surface area contributed by atoms with Crippen molar-refractivity contribution in [3.63, 3.8) is 0 Å². The molecule has 2 rings (SSSR count). The zero-order valence-corrected chi connectivity index (χ0v) is 16.0. The van der Waals surface area contributed by atoms with Crippen LogP contribution < -0.4 is 0 Å². The van der Waals surface area contributed by atoms with E-state index in [1.54, 1.807) is 4.90 Å². The predicted molar refractivity (Wildman–Crippen MR) is 98.1 cm³/mol. The van der Waals surface area contributed by atoms with Crippen molar-refractivity contribution < 1.29 is 13.2 Å². The lowest BCUT2D eigenvalue weighted by atomic mass is 9.86. The van der Waals surface area contributed by atoms with Crippen molar-refractivity contribution >= 4 is 15.7 Å². The summed E-state index contributed by atoms with van der Waals surface area (Å²) in [5.74, 6) is 0.241. The molecule has 5 heteroatoms. The van der Waals surface area contributed by atoms with Crippen LogP contribution in [0.3, 0.4) is 0 Å². The van der Waals surface area contributed by atoms with Crippen LogP contribution in [0.2, 0.25) is 0 Å². The van der Waals surface area contributed by atoms with Gasteiger partial charge in [-0.15, -0.1) is 0 Å². The molecule has 1 heterocycles. The number of unbranched alkanes of at least 4 members (excludes halogenated alkanes) is 1.